The lowest BCUT2D eigenvalue weighted by molar-refractivity contribution is -0.117. The van der Waals surface area contributed by atoms with Crippen LogP contribution in [0.3, 0.4) is 0 Å². The predicted molar refractivity (Wildman–Crippen MR) is 86.1 cm³/mol. The number of carbonyl (C=O) groups excluding carboxylic acids is 1. The SMILES string of the molecule is Cc1c(NC(=O)C2CCCc3ccccc32)n[nH]c1C1CC1. The largest absolute Gasteiger partial charge is 0.308 e. The zero-order chi connectivity index (χ0) is 15.1. The van der Waals surface area contributed by atoms with E-state index in [4.69, 9.17) is 0 Å². The number of aromatic amines is 1. The van der Waals surface area contributed by atoms with Crippen molar-refractivity contribution in [1.29, 1.82) is 0 Å². The van der Waals surface area contributed by atoms with Crippen molar-refractivity contribution in [2.24, 2.45) is 0 Å². The third-order valence-electron chi connectivity index (χ3n) is 4.96. The van der Waals surface area contributed by atoms with E-state index in [0.29, 0.717) is 11.7 Å². The number of amides is 1. The minimum atomic E-state index is -0.0505. The monoisotopic (exact) mass is 295 g/mol. The molecule has 4 nitrogen and oxygen atoms in total. The molecule has 1 saturated carbocycles. The number of benzene rings is 1. The molecule has 22 heavy (non-hydrogen) atoms. The number of rotatable bonds is 3. The van der Waals surface area contributed by atoms with E-state index in [1.807, 2.05) is 13.0 Å². The number of aromatic nitrogens is 2. The summed E-state index contributed by atoms with van der Waals surface area (Å²) in [5, 5.41) is 10.5. The third-order valence-corrected chi connectivity index (χ3v) is 4.96. The number of aryl methyl sites for hydroxylation is 1. The van der Waals surface area contributed by atoms with Crippen LogP contribution in [0.5, 0.6) is 0 Å². The Hall–Kier alpha value is -2.10. The lowest BCUT2D eigenvalue weighted by Crippen LogP contribution is -2.25. The maximum absolute atomic E-state index is 12.7. The first-order valence-corrected chi connectivity index (χ1v) is 8.17. The van der Waals surface area contributed by atoms with E-state index in [-0.39, 0.29) is 11.8 Å². The smallest absolute Gasteiger partial charge is 0.233 e. The lowest BCUT2D eigenvalue weighted by atomic mass is 9.82. The Labute approximate surface area is 130 Å². The summed E-state index contributed by atoms with van der Waals surface area (Å²) in [7, 11) is 0. The Morgan fingerprint density at radius 3 is 2.91 bits per heavy atom. The van der Waals surface area contributed by atoms with Gasteiger partial charge >= 0.3 is 0 Å². The van der Waals surface area contributed by atoms with E-state index in [9.17, 15) is 4.79 Å². The van der Waals surface area contributed by atoms with Crippen molar-refractivity contribution >= 4 is 11.7 Å². The van der Waals surface area contributed by atoms with Gasteiger partial charge in [-0.3, -0.25) is 9.89 Å². The lowest BCUT2D eigenvalue weighted by Gasteiger charge is -2.24. The van der Waals surface area contributed by atoms with Crippen LogP contribution in [0.4, 0.5) is 5.82 Å². The minimum absolute atomic E-state index is 0.0505. The average Bonchev–Trinajstić information content (AvgIpc) is 3.32. The highest BCUT2D eigenvalue weighted by molar-refractivity contribution is 5.96. The van der Waals surface area contributed by atoms with Crippen LogP contribution in [0.25, 0.3) is 0 Å². The predicted octanol–water partition coefficient (Wildman–Crippen LogP) is 3.65. The molecule has 1 fully saturated rings. The molecule has 2 N–H and O–H groups in total. The maximum atomic E-state index is 12.7. The molecule has 0 bridgehead atoms. The second-order valence-electron chi connectivity index (χ2n) is 6.52. The van der Waals surface area contributed by atoms with Gasteiger partial charge in [-0.2, -0.15) is 5.10 Å². The molecule has 1 atom stereocenters. The molecular formula is C18H21N3O. The standard InChI is InChI=1S/C18H21N3O/c1-11-16(13-9-10-13)20-21-17(11)19-18(22)15-8-4-6-12-5-2-3-7-14(12)15/h2-3,5,7,13,15H,4,6,8-10H2,1H3,(H2,19,20,21,22). The van der Waals surface area contributed by atoms with Crippen molar-refractivity contribution < 1.29 is 4.79 Å². The normalized spacial score (nSPS) is 20.5. The Kier molecular flexibility index (Phi) is 3.25. The van der Waals surface area contributed by atoms with Crippen LogP contribution >= 0.6 is 0 Å². The fraction of sp³-hybridized carbons (Fsp3) is 0.444. The van der Waals surface area contributed by atoms with Gasteiger partial charge in [0.2, 0.25) is 5.91 Å². The molecule has 1 aromatic carbocycles. The van der Waals surface area contributed by atoms with Crippen LogP contribution in [0.15, 0.2) is 24.3 Å². The molecule has 2 aliphatic carbocycles. The van der Waals surface area contributed by atoms with Gasteiger partial charge in [-0.05, 0) is 50.2 Å². The Morgan fingerprint density at radius 1 is 1.27 bits per heavy atom. The van der Waals surface area contributed by atoms with Crippen LogP contribution in [-0.2, 0) is 11.2 Å². The van der Waals surface area contributed by atoms with E-state index < -0.39 is 0 Å². The molecule has 114 valence electrons. The first-order chi connectivity index (χ1) is 10.7. The van der Waals surface area contributed by atoms with Crippen molar-refractivity contribution in [3.8, 4) is 0 Å². The van der Waals surface area contributed by atoms with E-state index in [1.54, 1.807) is 0 Å². The van der Waals surface area contributed by atoms with Crippen molar-refractivity contribution in [3.63, 3.8) is 0 Å². The molecule has 1 aromatic heterocycles. The minimum Gasteiger partial charge on any atom is -0.308 e. The number of hydrogen-bond donors (Lipinski definition) is 2. The molecule has 2 aliphatic rings. The van der Waals surface area contributed by atoms with Crippen LogP contribution in [0.2, 0.25) is 0 Å². The number of H-pyrrole nitrogens is 1. The first kappa shape index (κ1) is 13.6. The van der Waals surface area contributed by atoms with E-state index in [0.717, 1.165) is 24.8 Å². The van der Waals surface area contributed by atoms with Gasteiger partial charge in [0.05, 0.1) is 5.92 Å². The van der Waals surface area contributed by atoms with Crippen LogP contribution in [0, 0.1) is 6.92 Å². The second-order valence-corrected chi connectivity index (χ2v) is 6.52. The van der Waals surface area contributed by atoms with Crippen molar-refractivity contribution in [2.75, 3.05) is 5.32 Å². The number of carbonyl (C=O) groups is 1. The summed E-state index contributed by atoms with van der Waals surface area (Å²) in [5.74, 6) is 1.35. The zero-order valence-electron chi connectivity index (χ0n) is 12.9. The van der Waals surface area contributed by atoms with E-state index >= 15 is 0 Å². The summed E-state index contributed by atoms with van der Waals surface area (Å²) < 4.78 is 0. The molecule has 0 radical (unpaired) electrons. The highest BCUT2D eigenvalue weighted by atomic mass is 16.2. The van der Waals surface area contributed by atoms with Gasteiger partial charge in [-0.15, -0.1) is 0 Å². The maximum Gasteiger partial charge on any atom is 0.233 e. The quantitative estimate of drug-likeness (QED) is 0.908. The molecular weight excluding hydrogens is 274 g/mol. The molecule has 1 unspecified atom stereocenters. The van der Waals surface area contributed by atoms with Crippen LogP contribution < -0.4 is 5.32 Å². The van der Waals surface area contributed by atoms with Gasteiger partial charge in [0.15, 0.2) is 5.82 Å². The van der Waals surface area contributed by atoms with Crippen molar-refractivity contribution in [1.82, 2.24) is 10.2 Å². The van der Waals surface area contributed by atoms with Gasteiger partial charge in [0.1, 0.15) is 0 Å². The number of nitrogens with one attached hydrogen (secondary N) is 2. The van der Waals surface area contributed by atoms with Crippen molar-refractivity contribution in [2.45, 2.75) is 50.9 Å². The number of nitrogens with zero attached hydrogens (tertiary/aromatic N) is 1. The molecule has 0 spiro atoms. The van der Waals surface area contributed by atoms with Gasteiger partial charge in [-0.25, -0.2) is 0 Å². The third kappa shape index (κ3) is 2.32. The summed E-state index contributed by atoms with van der Waals surface area (Å²) in [6.07, 6.45) is 5.52. The van der Waals surface area contributed by atoms with Crippen LogP contribution in [0.1, 0.15) is 59.9 Å². The summed E-state index contributed by atoms with van der Waals surface area (Å²) >= 11 is 0. The Balaban J connectivity index is 1.56. The molecule has 4 heteroatoms. The summed E-state index contributed by atoms with van der Waals surface area (Å²) in [6, 6.07) is 8.31. The van der Waals surface area contributed by atoms with E-state index in [1.165, 1.54) is 29.7 Å². The topological polar surface area (TPSA) is 57.8 Å². The highest BCUT2D eigenvalue weighted by Gasteiger charge is 2.30. The fourth-order valence-corrected chi connectivity index (χ4v) is 3.53. The summed E-state index contributed by atoms with van der Waals surface area (Å²) in [6.45, 7) is 2.04. The summed E-state index contributed by atoms with van der Waals surface area (Å²) in [4.78, 5) is 12.7. The zero-order valence-corrected chi connectivity index (χ0v) is 12.9. The Bertz CT molecular complexity index is 715. The highest BCUT2D eigenvalue weighted by Crippen LogP contribution is 2.42. The molecule has 0 aliphatic heterocycles. The van der Waals surface area contributed by atoms with Gasteiger partial charge in [0.25, 0.3) is 0 Å². The molecule has 2 aromatic rings. The molecule has 4 rings (SSSR count). The molecule has 0 saturated heterocycles. The number of hydrogen-bond acceptors (Lipinski definition) is 2. The Morgan fingerprint density at radius 2 is 2.09 bits per heavy atom. The fourth-order valence-electron chi connectivity index (χ4n) is 3.53. The number of fused-ring (bicyclic) bond motifs is 1. The molecule has 1 heterocycles. The first-order valence-electron chi connectivity index (χ1n) is 8.17. The van der Waals surface area contributed by atoms with Gasteiger partial charge in [-0.1, -0.05) is 24.3 Å². The van der Waals surface area contributed by atoms with Crippen LogP contribution in [-0.4, -0.2) is 16.1 Å². The van der Waals surface area contributed by atoms with E-state index in [2.05, 4.69) is 33.7 Å². The average molecular weight is 295 g/mol. The molecule has 1 amide bonds. The van der Waals surface area contributed by atoms with Crippen molar-refractivity contribution in [3.05, 3.63) is 46.6 Å². The number of anilines is 1. The van der Waals surface area contributed by atoms with Gasteiger partial charge < -0.3 is 5.32 Å². The summed E-state index contributed by atoms with van der Waals surface area (Å²) in [5.41, 5.74) is 4.78. The van der Waals surface area contributed by atoms with Gasteiger partial charge in [0, 0.05) is 17.2 Å². The second kappa shape index (κ2) is 5.27.